The number of nitrogens with two attached hydrogens (primary N) is 1. The van der Waals surface area contributed by atoms with Gasteiger partial charge in [-0.3, -0.25) is 4.79 Å². The predicted octanol–water partition coefficient (Wildman–Crippen LogP) is -0.778. The highest BCUT2D eigenvalue weighted by atomic mass is 16.3. The second-order valence-corrected chi connectivity index (χ2v) is 3.54. The Kier molecular flexibility index (Phi) is 2.69. The smallest absolute Gasteiger partial charge is 0.227 e. The molecule has 1 aliphatic carbocycles. The Labute approximate surface area is 72.1 Å². The lowest BCUT2D eigenvalue weighted by Gasteiger charge is -2.13. The van der Waals surface area contributed by atoms with E-state index >= 15 is 0 Å². The SMILES string of the molecule is C[C@@H](O)CNC(=O)C1(CN)CC1. The highest BCUT2D eigenvalue weighted by molar-refractivity contribution is 5.85. The van der Waals surface area contributed by atoms with Crippen molar-refractivity contribution >= 4 is 5.91 Å². The second-order valence-electron chi connectivity index (χ2n) is 3.54. The average Bonchev–Trinajstić information content (AvgIpc) is 2.80. The molecule has 1 fully saturated rings. The van der Waals surface area contributed by atoms with Crippen LogP contribution >= 0.6 is 0 Å². The van der Waals surface area contributed by atoms with E-state index in [1.807, 2.05) is 0 Å². The Hall–Kier alpha value is -0.610. The van der Waals surface area contributed by atoms with E-state index in [4.69, 9.17) is 10.8 Å². The third-order valence-electron chi connectivity index (χ3n) is 2.28. The molecule has 0 aromatic heterocycles. The first-order chi connectivity index (χ1) is 5.60. The molecule has 0 aromatic carbocycles. The molecule has 0 radical (unpaired) electrons. The number of hydrogen-bond donors (Lipinski definition) is 3. The summed E-state index contributed by atoms with van der Waals surface area (Å²) in [6, 6.07) is 0. The molecule has 0 aromatic rings. The number of aliphatic hydroxyl groups is 1. The van der Waals surface area contributed by atoms with Crippen LogP contribution in [0.15, 0.2) is 0 Å². The van der Waals surface area contributed by atoms with Crippen LogP contribution in [0.3, 0.4) is 0 Å². The van der Waals surface area contributed by atoms with Crippen LogP contribution in [-0.2, 0) is 4.79 Å². The van der Waals surface area contributed by atoms with Gasteiger partial charge in [0.1, 0.15) is 0 Å². The minimum absolute atomic E-state index is 0.00843. The number of amides is 1. The fraction of sp³-hybridized carbons (Fsp3) is 0.875. The molecule has 0 unspecified atom stereocenters. The largest absolute Gasteiger partial charge is 0.392 e. The quantitative estimate of drug-likeness (QED) is 0.521. The molecule has 12 heavy (non-hydrogen) atoms. The molecule has 1 atom stereocenters. The molecule has 0 bridgehead atoms. The summed E-state index contributed by atoms with van der Waals surface area (Å²) in [5.74, 6) is -0.00843. The van der Waals surface area contributed by atoms with E-state index in [1.54, 1.807) is 6.92 Å². The van der Waals surface area contributed by atoms with E-state index in [1.165, 1.54) is 0 Å². The maximum atomic E-state index is 11.4. The number of aliphatic hydroxyl groups excluding tert-OH is 1. The van der Waals surface area contributed by atoms with Gasteiger partial charge in [0.05, 0.1) is 11.5 Å². The Balaban J connectivity index is 2.29. The lowest BCUT2D eigenvalue weighted by molar-refractivity contribution is -0.126. The Bertz CT molecular complexity index is 176. The van der Waals surface area contributed by atoms with Gasteiger partial charge in [0.25, 0.3) is 0 Å². The minimum atomic E-state index is -0.484. The first-order valence-corrected chi connectivity index (χ1v) is 4.27. The zero-order valence-corrected chi connectivity index (χ0v) is 7.34. The molecule has 0 saturated heterocycles. The maximum Gasteiger partial charge on any atom is 0.227 e. The summed E-state index contributed by atoms with van der Waals surface area (Å²) in [5.41, 5.74) is 5.16. The van der Waals surface area contributed by atoms with Gasteiger partial charge in [-0.2, -0.15) is 0 Å². The van der Waals surface area contributed by atoms with Gasteiger partial charge in [0, 0.05) is 13.1 Å². The minimum Gasteiger partial charge on any atom is -0.392 e. The van der Waals surface area contributed by atoms with Crippen molar-refractivity contribution in [3.8, 4) is 0 Å². The second kappa shape index (κ2) is 3.41. The molecule has 1 amide bonds. The van der Waals surface area contributed by atoms with Crippen molar-refractivity contribution in [2.24, 2.45) is 11.1 Å². The van der Waals surface area contributed by atoms with Crippen LogP contribution in [0, 0.1) is 5.41 Å². The van der Waals surface area contributed by atoms with Gasteiger partial charge >= 0.3 is 0 Å². The van der Waals surface area contributed by atoms with Gasteiger partial charge in [0.15, 0.2) is 0 Å². The molecule has 0 heterocycles. The molecule has 0 spiro atoms. The van der Waals surface area contributed by atoms with Crippen LogP contribution in [0.5, 0.6) is 0 Å². The van der Waals surface area contributed by atoms with Crippen molar-refractivity contribution in [2.75, 3.05) is 13.1 Å². The van der Waals surface area contributed by atoms with Crippen molar-refractivity contribution < 1.29 is 9.90 Å². The highest BCUT2D eigenvalue weighted by Crippen LogP contribution is 2.44. The topological polar surface area (TPSA) is 75.3 Å². The normalized spacial score (nSPS) is 21.6. The van der Waals surface area contributed by atoms with Gasteiger partial charge in [-0.05, 0) is 19.8 Å². The summed E-state index contributed by atoms with van der Waals surface area (Å²) in [7, 11) is 0. The average molecular weight is 172 g/mol. The first-order valence-electron chi connectivity index (χ1n) is 4.27. The van der Waals surface area contributed by atoms with E-state index in [9.17, 15) is 4.79 Å². The number of carbonyl (C=O) groups is 1. The van der Waals surface area contributed by atoms with E-state index in [0.717, 1.165) is 12.8 Å². The third kappa shape index (κ3) is 1.95. The van der Waals surface area contributed by atoms with Crippen molar-refractivity contribution in [1.29, 1.82) is 0 Å². The molecule has 1 aliphatic rings. The monoisotopic (exact) mass is 172 g/mol. The van der Waals surface area contributed by atoms with Crippen LogP contribution in [0.4, 0.5) is 0 Å². The van der Waals surface area contributed by atoms with Crippen molar-refractivity contribution in [1.82, 2.24) is 5.32 Å². The van der Waals surface area contributed by atoms with Crippen LogP contribution in [0.1, 0.15) is 19.8 Å². The maximum absolute atomic E-state index is 11.4. The van der Waals surface area contributed by atoms with Crippen LogP contribution in [-0.4, -0.2) is 30.2 Å². The first kappa shape index (κ1) is 9.48. The zero-order chi connectivity index (χ0) is 9.19. The molecule has 4 N–H and O–H groups in total. The molecular weight excluding hydrogens is 156 g/mol. The molecule has 1 saturated carbocycles. The summed E-state index contributed by atoms with van der Waals surface area (Å²) in [6.07, 6.45) is 1.28. The van der Waals surface area contributed by atoms with Crippen LogP contribution in [0.2, 0.25) is 0 Å². The zero-order valence-electron chi connectivity index (χ0n) is 7.34. The highest BCUT2D eigenvalue weighted by Gasteiger charge is 2.48. The molecule has 70 valence electrons. The summed E-state index contributed by atoms with van der Waals surface area (Å²) in [4.78, 5) is 11.4. The van der Waals surface area contributed by atoms with E-state index in [2.05, 4.69) is 5.32 Å². The molecule has 1 rings (SSSR count). The van der Waals surface area contributed by atoms with E-state index in [-0.39, 0.29) is 11.3 Å². The molecule has 4 heteroatoms. The van der Waals surface area contributed by atoms with E-state index in [0.29, 0.717) is 13.1 Å². The van der Waals surface area contributed by atoms with Gasteiger partial charge in [-0.25, -0.2) is 0 Å². The van der Waals surface area contributed by atoms with Crippen molar-refractivity contribution in [3.63, 3.8) is 0 Å². The Morgan fingerprint density at radius 1 is 1.75 bits per heavy atom. The van der Waals surface area contributed by atoms with Gasteiger partial charge < -0.3 is 16.2 Å². The standard InChI is InChI=1S/C8H16N2O2/c1-6(11)4-10-7(12)8(5-9)2-3-8/h6,11H,2-5,9H2,1H3,(H,10,12)/t6-/m1/s1. The van der Waals surface area contributed by atoms with Crippen molar-refractivity contribution in [2.45, 2.75) is 25.9 Å². The number of carbonyl (C=O) groups excluding carboxylic acids is 1. The Morgan fingerprint density at radius 3 is 2.67 bits per heavy atom. The Morgan fingerprint density at radius 2 is 2.33 bits per heavy atom. The lowest BCUT2D eigenvalue weighted by atomic mass is 10.1. The summed E-state index contributed by atoms with van der Waals surface area (Å²) >= 11 is 0. The van der Waals surface area contributed by atoms with Crippen molar-refractivity contribution in [3.05, 3.63) is 0 Å². The lowest BCUT2D eigenvalue weighted by Crippen LogP contribution is -2.39. The van der Waals surface area contributed by atoms with Gasteiger partial charge in [-0.15, -0.1) is 0 Å². The molecule has 0 aliphatic heterocycles. The summed E-state index contributed by atoms with van der Waals surface area (Å²) < 4.78 is 0. The van der Waals surface area contributed by atoms with E-state index < -0.39 is 6.10 Å². The molecule has 4 nitrogen and oxygen atoms in total. The van der Waals surface area contributed by atoms with Gasteiger partial charge in [0.2, 0.25) is 5.91 Å². The number of nitrogens with one attached hydrogen (secondary N) is 1. The van der Waals surface area contributed by atoms with Gasteiger partial charge in [-0.1, -0.05) is 0 Å². The van der Waals surface area contributed by atoms with Crippen LogP contribution < -0.4 is 11.1 Å². The fourth-order valence-corrected chi connectivity index (χ4v) is 1.10. The fourth-order valence-electron chi connectivity index (χ4n) is 1.10. The molecular formula is C8H16N2O2. The number of rotatable bonds is 4. The third-order valence-corrected chi connectivity index (χ3v) is 2.28. The summed E-state index contributed by atoms with van der Waals surface area (Å²) in [6.45, 7) is 2.38. The predicted molar refractivity (Wildman–Crippen MR) is 45.4 cm³/mol. The van der Waals surface area contributed by atoms with Crippen LogP contribution in [0.25, 0.3) is 0 Å². The summed E-state index contributed by atoms with van der Waals surface area (Å²) in [5, 5.41) is 11.6. The number of hydrogen-bond acceptors (Lipinski definition) is 3.